The monoisotopic (exact) mass is 247 g/mol. The molecule has 0 radical (unpaired) electrons. The van der Waals surface area contributed by atoms with E-state index in [1.165, 1.54) is 11.3 Å². The number of nitrogens with two attached hydrogens (primary N) is 1. The summed E-state index contributed by atoms with van der Waals surface area (Å²) in [6, 6.07) is 4.49. The number of hydrogen-bond acceptors (Lipinski definition) is 4. The fourth-order valence-electron chi connectivity index (χ4n) is 3.47. The minimum absolute atomic E-state index is 0.283. The number of aryl methyl sites for hydroxylation is 1. The summed E-state index contributed by atoms with van der Waals surface area (Å²) < 4.78 is 5.68. The third kappa shape index (κ3) is 2.05. The van der Waals surface area contributed by atoms with Crippen LogP contribution in [0.25, 0.3) is 0 Å². The molecule has 1 aromatic heterocycles. The van der Waals surface area contributed by atoms with Crippen LogP contribution in [0, 0.1) is 5.92 Å². The molecule has 4 nitrogen and oxygen atoms in total. The lowest BCUT2D eigenvalue weighted by Crippen LogP contribution is -2.45. The predicted molar refractivity (Wildman–Crippen MR) is 69.9 cm³/mol. The quantitative estimate of drug-likeness (QED) is 0.625. The van der Waals surface area contributed by atoms with Crippen molar-refractivity contribution in [2.75, 3.05) is 6.61 Å². The average molecular weight is 247 g/mol. The number of pyridine rings is 1. The van der Waals surface area contributed by atoms with Crippen molar-refractivity contribution < 1.29 is 4.74 Å². The molecular weight excluding hydrogens is 226 g/mol. The van der Waals surface area contributed by atoms with Crippen molar-refractivity contribution in [3.05, 3.63) is 29.6 Å². The molecule has 2 aliphatic rings. The molecule has 0 aromatic carbocycles. The van der Waals surface area contributed by atoms with Gasteiger partial charge in [-0.25, -0.2) is 0 Å². The zero-order valence-electron chi connectivity index (χ0n) is 10.8. The first kappa shape index (κ1) is 12.1. The lowest BCUT2D eigenvalue weighted by atomic mass is 9.85. The number of fused-ring (bicyclic) bond motifs is 1. The van der Waals surface area contributed by atoms with Crippen molar-refractivity contribution in [3.63, 3.8) is 0 Å². The molecule has 4 unspecified atom stereocenters. The van der Waals surface area contributed by atoms with Gasteiger partial charge in [0.1, 0.15) is 0 Å². The maximum atomic E-state index is 5.80. The van der Waals surface area contributed by atoms with E-state index in [4.69, 9.17) is 10.6 Å². The lowest BCUT2D eigenvalue weighted by Gasteiger charge is -2.27. The van der Waals surface area contributed by atoms with Crippen LogP contribution in [0.2, 0.25) is 0 Å². The zero-order chi connectivity index (χ0) is 12.5. The Bertz CT molecular complexity index is 423. The maximum Gasteiger partial charge on any atom is 0.0551 e. The molecule has 3 N–H and O–H groups in total. The van der Waals surface area contributed by atoms with E-state index in [-0.39, 0.29) is 6.04 Å². The van der Waals surface area contributed by atoms with Gasteiger partial charge in [-0.15, -0.1) is 0 Å². The summed E-state index contributed by atoms with van der Waals surface area (Å²) in [6.45, 7) is 2.95. The topological polar surface area (TPSA) is 60.2 Å². The number of nitrogens with one attached hydrogen (secondary N) is 1. The maximum absolute atomic E-state index is 5.80. The second-order valence-electron chi connectivity index (χ2n) is 5.53. The van der Waals surface area contributed by atoms with Crippen LogP contribution in [0.5, 0.6) is 0 Å². The molecule has 0 bridgehead atoms. The third-order valence-corrected chi connectivity index (χ3v) is 4.37. The summed E-state index contributed by atoms with van der Waals surface area (Å²) in [5.74, 6) is 6.74. The highest BCUT2D eigenvalue weighted by Crippen LogP contribution is 2.38. The van der Waals surface area contributed by atoms with E-state index >= 15 is 0 Å². The summed E-state index contributed by atoms with van der Waals surface area (Å²) in [6.07, 6.45) is 5.60. The van der Waals surface area contributed by atoms with Crippen molar-refractivity contribution in [1.82, 2.24) is 10.4 Å². The Labute approximate surface area is 108 Å². The van der Waals surface area contributed by atoms with Crippen molar-refractivity contribution in [2.24, 2.45) is 11.8 Å². The van der Waals surface area contributed by atoms with Gasteiger partial charge in [-0.2, -0.15) is 0 Å². The van der Waals surface area contributed by atoms with Gasteiger partial charge >= 0.3 is 0 Å². The molecule has 1 aromatic rings. The van der Waals surface area contributed by atoms with E-state index in [0.717, 1.165) is 25.9 Å². The Morgan fingerprint density at radius 1 is 1.56 bits per heavy atom. The van der Waals surface area contributed by atoms with Gasteiger partial charge < -0.3 is 4.74 Å². The van der Waals surface area contributed by atoms with Crippen LogP contribution >= 0.6 is 0 Å². The second-order valence-corrected chi connectivity index (χ2v) is 5.53. The molecule has 0 saturated carbocycles. The summed E-state index contributed by atoms with van der Waals surface area (Å²) >= 11 is 0. The van der Waals surface area contributed by atoms with E-state index in [0.29, 0.717) is 17.9 Å². The number of ether oxygens (including phenoxy) is 1. The minimum atomic E-state index is 0.283. The van der Waals surface area contributed by atoms with E-state index in [1.807, 2.05) is 12.3 Å². The molecule has 1 saturated heterocycles. The second kappa shape index (κ2) is 4.96. The summed E-state index contributed by atoms with van der Waals surface area (Å²) in [5, 5.41) is 0. The van der Waals surface area contributed by atoms with E-state index in [9.17, 15) is 0 Å². The van der Waals surface area contributed by atoms with Crippen LogP contribution in [0.15, 0.2) is 18.3 Å². The first-order valence-corrected chi connectivity index (χ1v) is 6.81. The predicted octanol–water partition coefficient (Wildman–Crippen LogP) is 1.37. The van der Waals surface area contributed by atoms with E-state index < -0.39 is 0 Å². The third-order valence-electron chi connectivity index (χ3n) is 4.37. The molecule has 0 spiro atoms. The molecule has 1 aliphatic carbocycles. The highest BCUT2D eigenvalue weighted by atomic mass is 16.5. The summed E-state index contributed by atoms with van der Waals surface area (Å²) in [4.78, 5) is 4.56. The van der Waals surface area contributed by atoms with Gasteiger partial charge in [0, 0.05) is 29.8 Å². The number of aromatic nitrogens is 1. The van der Waals surface area contributed by atoms with Crippen molar-refractivity contribution >= 4 is 0 Å². The minimum Gasteiger partial charge on any atom is -0.378 e. The Morgan fingerprint density at radius 3 is 3.17 bits per heavy atom. The number of hydrogen-bond donors (Lipinski definition) is 2. The van der Waals surface area contributed by atoms with Gasteiger partial charge in [-0.1, -0.05) is 6.07 Å². The number of rotatable bonds is 3. The fourth-order valence-corrected chi connectivity index (χ4v) is 3.47. The van der Waals surface area contributed by atoms with Gasteiger partial charge in [0.2, 0.25) is 0 Å². The summed E-state index contributed by atoms with van der Waals surface area (Å²) in [7, 11) is 0. The standard InChI is InChI=1S/C14H21N3O/c1-9-7-11(8-18-9)14(17-15)12-5-4-10-3-2-6-16-13(10)12/h2-3,6,9,11-12,14,17H,4-5,7-8,15H2,1H3. The van der Waals surface area contributed by atoms with Crippen molar-refractivity contribution in [1.29, 1.82) is 0 Å². The Hall–Kier alpha value is -0.970. The fraction of sp³-hybridized carbons (Fsp3) is 0.643. The van der Waals surface area contributed by atoms with Gasteiger partial charge in [-0.3, -0.25) is 16.3 Å². The molecule has 98 valence electrons. The molecule has 4 heteroatoms. The Balaban J connectivity index is 1.81. The van der Waals surface area contributed by atoms with Crippen LogP contribution in [0.1, 0.15) is 36.9 Å². The zero-order valence-corrected chi connectivity index (χ0v) is 10.8. The SMILES string of the molecule is CC1CC(C(NN)C2CCc3cccnc32)CO1. The van der Waals surface area contributed by atoms with E-state index in [1.54, 1.807) is 0 Å². The van der Waals surface area contributed by atoms with Crippen LogP contribution in [-0.2, 0) is 11.2 Å². The van der Waals surface area contributed by atoms with Crippen molar-refractivity contribution in [3.8, 4) is 0 Å². The van der Waals surface area contributed by atoms with Gasteiger partial charge in [0.15, 0.2) is 0 Å². The number of hydrazine groups is 1. The van der Waals surface area contributed by atoms with Crippen LogP contribution in [0.3, 0.4) is 0 Å². The first-order chi connectivity index (χ1) is 8.79. The number of nitrogens with zero attached hydrogens (tertiary/aromatic N) is 1. The van der Waals surface area contributed by atoms with Crippen LogP contribution in [0.4, 0.5) is 0 Å². The molecule has 0 amide bonds. The molecule has 3 rings (SSSR count). The lowest BCUT2D eigenvalue weighted by molar-refractivity contribution is 0.115. The normalized spacial score (nSPS) is 32.4. The van der Waals surface area contributed by atoms with Gasteiger partial charge in [0.05, 0.1) is 12.7 Å². The largest absolute Gasteiger partial charge is 0.378 e. The van der Waals surface area contributed by atoms with Gasteiger partial charge in [-0.05, 0) is 37.8 Å². The average Bonchev–Trinajstić information content (AvgIpc) is 2.98. The highest BCUT2D eigenvalue weighted by Gasteiger charge is 2.38. The Morgan fingerprint density at radius 2 is 2.44 bits per heavy atom. The summed E-state index contributed by atoms with van der Waals surface area (Å²) in [5.41, 5.74) is 5.65. The Kier molecular flexibility index (Phi) is 3.33. The van der Waals surface area contributed by atoms with Crippen LogP contribution in [-0.4, -0.2) is 23.7 Å². The van der Waals surface area contributed by atoms with Crippen LogP contribution < -0.4 is 11.3 Å². The molecule has 4 atom stereocenters. The van der Waals surface area contributed by atoms with Gasteiger partial charge in [0.25, 0.3) is 0 Å². The molecular formula is C14H21N3O. The van der Waals surface area contributed by atoms with Crippen molar-refractivity contribution in [2.45, 2.75) is 44.2 Å². The molecule has 18 heavy (non-hydrogen) atoms. The molecule has 1 aliphatic heterocycles. The first-order valence-electron chi connectivity index (χ1n) is 6.81. The molecule has 2 heterocycles. The molecule has 1 fully saturated rings. The van der Waals surface area contributed by atoms with E-state index in [2.05, 4.69) is 23.4 Å². The smallest absolute Gasteiger partial charge is 0.0551 e. The highest BCUT2D eigenvalue weighted by molar-refractivity contribution is 5.30.